The molecule has 0 spiro atoms. The van der Waals surface area contributed by atoms with Gasteiger partial charge in [-0.3, -0.25) is 0 Å². The maximum absolute atomic E-state index is 3.83. The summed E-state index contributed by atoms with van der Waals surface area (Å²) in [6.07, 6.45) is 11.7. The summed E-state index contributed by atoms with van der Waals surface area (Å²) in [5, 5.41) is 0. The Balaban J connectivity index is 1.67. The van der Waals surface area contributed by atoms with Crippen LogP contribution in [0.3, 0.4) is 0 Å². The normalized spacial score (nSPS) is 16.6. The van der Waals surface area contributed by atoms with E-state index in [4.69, 9.17) is 0 Å². The van der Waals surface area contributed by atoms with Gasteiger partial charge in [0.1, 0.15) is 0 Å². The van der Waals surface area contributed by atoms with Crippen molar-refractivity contribution in [3.8, 4) is 0 Å². The van der Waals surface area contributed by atoms with Crippen LogP contribution in [-0.4, -0.2) is 0 Å². The molecule has 1 unspecified atom stereocenters. The SMILES string of the molecule is C=CCCc1ccc2c(c1)CCC(c1ccc(CCCC)cc1)C2. The molecule has 0 saturated carbocycles. The molecule has 0 bridgehead atoms. The standard InChI is InChI=1S/C24H30/c1-3-5-7-19-9-12-21(13-10-19)23-16-15-22-17-20(8-6-4-2)11-14-24(22)18-23/h4,9-14,17,23H,2-3,5-8,15-16,18H2,1H3. The van der Waals surface area contributed by atoms with Gasteiger partial charge in [0, 0.05) is 0 Å². The molecule has 0 aliphatic heterocycles. The van der Waals surface area contributed by atoms with E-state index in [1.165, 1.54) is 55.2 Å². The third-order valence-corrected chi connectivity index (χ3v) is 5.41. The van der Waals surface area contributed by atoms with Crippen LogP contribution in [-0.2, 0) is 25.7 Å². The van der Waals surface area contributed by atoms with Crippen LogP contribution < -0.4 is 0 Å². The van der Waals surface area contributed by atoms with Crippen LogP contribution >= 0.6 is 0 Å². The van der Waals surface area contributed by atoms with E-state index >= 15 is 0 Å². The zero-order valence-corrected chi connectivity index (χ0v) is 15.1. The number of rotatable bonds is 7. The highest BCUT2D eigenvalue weighted by Gasteiger charge is 2.20. The van der Waals surface area contributed by atoms with Crippen LogP contribution in [0.2, 0.25) is 0 Å². The van der Waals surface area contributed by atoms with Gasteiger partial charge < -0.3 is 0 Å². The summed E-state index contributed by atoms with van der Waals surface area (Å²) >= 11 is 0. The minimum Gasteiger partial charge on any atom is -0.103 e. The Kier molecular flexibility index (Phi) is 5.91. The van der Waals surface area contributed by atoms with E-state index in [9.17, 15) is 0 Å². The maximum atomic E-state index is 3.83. The maximum Gasteiger partial charge on any atom is -0.0118 e. The van der Waals surface area contributed by atoms with Gasteiger partial charge in [-0.2, -0.15) is 0 Å². The van der Waals surface area contributed by atoms with E-state index in [1.807, 2.05) is 6.08 Å². The zero-order valence-electron chi connectivity index (χ0n) is 15.1. The second-order valence-corrected chi connectivity index (χ2v) is 7.22. The van der Waals surface area contributed by atoms with E-state index < -0.39 is 0 Å². The van der Waals surface area contributed by atoms with Gasteiger partial charge in [-0.1, -0.05) is 61.9 Å². The number of allylic oxidation sites excluding steroid dienone is 1. The fraction of sp³-hybridized carbons (Fsp3) is 0.417. The van der Waals surface area contributed by atoms with Crippen molar-refractivity contribution in [3.05, 3.63) is 82.9 Å². The molecule has 3 rings (SSSR count). The molecule has 0 N–H and O–H groups in total. The van der Waals surface area contributed by atoms with Crippen LogP contribution in [0, 0.1) is 0 Å². The van der Waals surface area contributed by atoms with E-state index in [0.29, 0.717) is 5.92 Å². The monoisotopic (exact) mass is 318 g/mol. The molecule has 2 aromatic carbocycles. The summed E-state index contributed by atoms with van der Waals surface area (Å²) in [6.45, 7) is 6.09. The molecule has 0 heterocycles. The lowest BCUT2D eigenvalue weighted by Gasteiger charge is -2.25. The minimum atomic E-state index is 0.691. The number of hydrogen-bond acceptors (Lipinski definition) is 0. The average Bonchev–Trinajstić information content (AvgIpc) is 2.64. The smallest absolute Gasteiger partial charge is 0.0118 e. The quantitative estimate of drug-likeness (QED) is 0.517. The van der Waals surface area contributed by atoms with Crippen molar-refractivity contribution in [2.24, 2.45) is 0 Å². The molecular weight excluding hydrogens is 288 g/mol. The van der Waals surface area contributed by atoms with E-state index in [0.717, 1.165) is 12.8 Å². The van der Waals surface area contributed by atoms with Crippen molar-refractivity contribution in [1.29, 1.82) is 0 Å². The summed E-state index contributed by atoms with van der Waals surface area (Å²) in [6, 6.07) is 16.6. The van der Waals surface area contributed by atoms with Gasteiger partial charge in [0.25, 0.3) is 0 Å². The second-order valence-electron chi connectivity index (χ2n) is 7.22. The van der Waals surface area contributed by atoms with Gasteiger partial charge in [-0.25, -0.2) is 0 Å². The van der Waals surface area contributed by atoms with Crippen molar-refractivity contribution in [3.63, 3.8) is 0 Å². The van der Waals surface area contributed by atoms with E-state index in [1.54, 1.807) is 11.1 Å². The van der Waals surface area contributed by atoms with Crippen LogP contribution in [0.15, 0.2) is 55.1 Å². The molecule has 1 aliphatic carbocycles. The molecule has 0 aromatic heterocycles. The lowest BCUT2D eigenvalue weighted by atomic mass is 9.79. The van der Waals surface area contributed by atoms with Gasteiger partial charge in [0.15, 0.2) is 0 Å². The van der Waals surface area contributed by atoms with Crippen molar-refractivity contribution in [2.45, 2.75) is 64.2 Å². The number of unbranched alkanes of at least 4 members (excludes halogenated alkanes) is 1. The predicted molar refractivity (Wildman–Crippen MR) is 105 cm³/mol. The summed E-state index contributed by atoms with van der Waals surface area (Å²) in [5.41, 5.74) is 7.61. The van der Waals surface area contributed by atoms with Gasteiger partial charge >= 0.3 is 0 Å². The van der Waals surface area contributed by atoms with Gasteiger partial charge in [0.2, 0.25) is 0 Å². The lowest BCUT2D eigenvalue weighted by molar-refractivity contribution is 0.584. The summed E-state index contributed by atoms with van der Waals surface area (Å²) in [7, 11) is 0. The highest BCUT2D eigenvalue weighted by Crippen LogP contribution is 2.33. The predicted octanol–water partition coefficient (Wildman–Crippen LogP) is 6.42. The zero-order chi connectivity index (χ0) is 16.8. The van der Waals surface area contributed by atoms with Crippen LogP contribution in [0.25, 0.3) is 0 Å². The molecule has 0 fully saturated rings. The summed E-state index contributed by atoms with van der Waals surface area (Å²) < 4.78 is 0. The van der Waals surface area contributed by atoms with Crippen molar-refractivity contribution >= 4 is 0 Å². The number of fused-ring (bicyclic) bond motifs is 1. The highest BCUT2D eigenvalue weighted by atomic mass is 14.2. The first-order chi connectivity index (χ1) is 11.8. The van der Waals surface area contributed by atoms with Gasteiger partial charge in [-0.15, -0.1) is 6.58 Å². The number of benzene rings is 2. The second kappa shape index (κ2) is 8.33. The van der Waals surface area contributed by atoms with Crippen molar-refractivity contribution < 1.29 is 0 Å². The van der Waals surface area contributed by atoms with Crippen LogP contribution in [0.1, 0.15) is 66.3 Å². The number of hydrogen-bond donors (Lipinski definition) is 0. The Hall–Kier alpha value is -1.82. The highest BCUT2D eigenvalue weighted by molar-refractivity contribution is 5.37. The summed E-state index contributed by atoms with van der Waals surface area (Å²) in [5.74, 6) is 0.691. The van der Waals surface area contributed by atoms with Crippen LogP contribution in [0.5, 0.6) is 0 Å². The Morgan fingerprint density at radius 2 is 1.79 bits per heavy atom. The van der Waals surface area contributed by atoms with Gasteiger partial charge in [-0.05, 0) is 78.7 Å². The Morgan fingerprint density at radius 1 is 1.00 bits per heavy atom. The molecule has 0 nitrogen and oxygen atoms in total. The topological polar surface area (TPSA) is 0 Å². The molecule has 24 heavy (non-hydrogen) atoms. The summed E-state index contributed by atoms with van der Waals surface area (Å²) in [4.78, 5) is 0. The molecule has 126 valence electrons. The average molecular weight is 319 g/mol. The minimum absolute atomic E-state index is 0.691. The molecule has 0 saturated heterocycles. The molecule has 2 aromatic rings. The first kappa shape index (κ1) is 17.0. The molecule has 0 amide bonds. The first-order valence-corrected chi connectivity index (χ1v) is 9.60. The molecule has 0 radical (unpaired) electrons. The van der Waals surface area contributed by atoms with Crippen molar-refractivity contribution in [2.75, 3.05) is 0 Å². The van der Waals surface area contributed by atoms with Gasteiger partial charge in [0.05, 0.1) is 0 Å². The molecule has 0 heteroatoms. The van der Waals surface area contributed by atoms with E-state index in [2.05, 4.69) is 56.0 Å². The Bertz CT molecular complexity index is 663. The first-order valence-electron chi connectivity index (χ1n) is 9.60. The lowest BCUT2D eigenvalue weighted by Crippen LogP contribution is -2.13. The third kappa shape index (κ3) is 4.17. The fourth-order valence-corrected chi connectivity index (χ4v) is 3.85. The molecular formula is C24H30. The fourth-order valence-electron chi connectivity index (χ4n) is 3.85. The largest absolute Gasteiger partial charge is 0.103 e. The van der Waals surface area contributed by atoms with E-state index in [-0.39, 0.29) is 0 Å². The molecule has 1 aliphatic rings. The Morgan fingerprint density at radius 3 is 2.54 bits per heavy atom. The molecule has 1 atom stereocenters. The Labute approximate surface area is 147 Å². The van der Waals surface area contributed by atoms with Crippen molar-refractivity contribution in [1.82, 2.24) is 0 Å². The van der Waals surface area contributed by atoms with Crippen LogP contribution in [0.4, 0.5) is 0 Å². The number of aryl methyl sites for hydroxylation is 3. The third-order valence-electron chi connectivity index (χ3n) is 5.41.